The van der Waals surface area contributed by atoms with Crippen LogP contribution in [0.2, 0.25) is 0 Å². The molecule has 0 radical (unpaired) electrons. The van der Waals surface area contributed by atoms with Crippen LogP contribution in [0, 0.1) is 0 Å². The first kappa shape index (κ1) is 41.3. The second kappa shape index (κ2) is 23.6. The monoisotopic (exact) mass is 521 g/mol. The van der Waals surface area contributed by atoms with Crippen LogP contribution >= 0.6 is 7.82 Å². The van der Waals surface area contributed by atoms with Crippen molar-refractivity contribution in [2.24, 2.45) is 0 Å². The molecule has 0 atom stereocenters. The molecule has 0 heterocycles. The maximum atomic E-state index is 8.55. The van der Waals surface area contributed by atoms with Crippen LogP contribution < -0.4 is 14.7 Å². The molecule has 35 heavy (non-hydrogen) atoms. The molecule has 0 aliphatic rings. The van der Waals surface area contributed by atoms with Crippen molar-refractivity contribution in [3.05, 3.63) is 38.0 Å². The molecule has 0 unspecified atom stereocenters. The predicted molar refractivity (Wildman–Crippen MR) is 148 cm³/mol. The largest absolute Gasteiger partial charge is 0.822 e. The molecule has 7 nitrogen and oxygen atoms in total. The Morgan fingerprint density at radius 1 is 0.486 bits per heavy atom. The number of hydrogen-bond acceptors (Lipinski definition) is 4. The zero-order valence-electron chi connectivity index (χ0n) is 24.8. The molecule has 0 N–H and O–H groups in total. The van der Waals surface area contributed by atoms with Crippen molar-refractivity contribution in [3.63, 3.8) is 0 Å². The Kier molecular flexibility index (Phi) is 27.9. The lowest BCUT2D eigenvalue weighted by Crippen LogP contribution is -2.47. The molecule has 0 rings (SSSR count). The Labute approximate surface area is 219 Å². The van der Waals surface area contributed by atoms with Crippen molar-refractivity contribution in [1.82, 2.24) is 0 Å². The van der Waals surface area contributed by atoms with Gasteiger partial charge >= 0.3 is 0 Å². The fourth-order valence-electron chi connectivity index (χ4n) is 4.00. The van der Waals surface area contributed by atoms with Crippen molar-refractivity contribution in [2.75, 3.05) is 78.5 Å². The summed E-state index contributed by atoms with van der Waals surface area (Å²) in [4.78, 5) is 25.6. The SMILES string of the molecule is C=CC[N+](CC)(CC)CC.C=CC[N+](CC)(CC)CC.C=CC[N+](CC)(CC)CC.O=P([O-])([O-])[O-]. The van der Waals surface area contributed by atoms with Gasteiger partial charge in [-0.1, -0.05) is 19.7 Å². The van der Waals surface area contributed by atoms with Crippen LogP contribution in [0.5, 0.6) is 0 Å². The van der Waals surface area contributed by atoms with Gasteiger partial charge in [0, 0.05) is 0 Å². The van der Waals surface area contributed by atoms with Gasteiger partial charge in [0.15, 0.2) is 0 Å². The van der Waals surface area contributed by atoms with E-state index >= 15 is 0 Å². The molecule has 212 valence electrons. The fourth-order valence-corrected chi connectivity index (χ4v) is 4.00. The fraction of sp³-hybridized carbons (Fsp3) is 0.778. The van der Waals surface area contributed by atoms with E-state index in [-0.39, 0.29) is 0 Å². The lowest BCUT2D eigenvalue weighted by Gasteiger charge is -2.36. The highest BCUT2D eigenvalue weighted by atomic mass is 31.2. The van der Waals surface area contributed by atoms with E-state index in [1.54, 1.807) is 0 Å². The van der Waals surface area contributed by atoms with Crippen molar-refractivity contribution in [1.29, 1.82) is 0 Å². The van der Waals surface area contributed by atoms with Gasteiger partial charge in [0.1, 0.15) is 0 Å². The van der Waals surface area contributed by atoms with Crippen LogP contribution in [0.25, 0.3) is 0 Å². The van der Waals surface area contributed by atoms with Crippen LogP contribution in [-0.2, 0) is 4.57 Å². The molecule has 0 bridgehead atoms. The summed E-state index contributed by atoms with van der Waals surface area (Å²) in [7, 11) is -5.39. The van der Waals surface area contributed by atoms with Crippen molar-refractivity contribution in [3.8, 4) is 0 Å². The highest BCUT2D eigenvalue weighted by molar-refractivity contribution is 7.40. The van der Waals surface area contributed by atoms with Gasteiger partial charge in [0.25, 0.3) is 0 Å². The third kappa shape index (κ3) is 22.2. The number of likely N-dealkylation sites (N-methyl/N-ethyl adjacent to an activating group) is 3. The third-order valence-corrected chi connectivity index (χ3v) is 7.59. The van der Waals surface area contributed by atoms with Gasteiger partial charge in [-0.05, 0) is 80.5 Å². The van der Waals surface area contributed by atoms with Crippen LogP contribution in [0.1, 0.15) is 62.3 Å². The van der Waals surface area contributed by atoms with Gasteiger partial charge in [0.05, 0.1) is 78.5 Å². The van der Waals surface area contributed by atoms with Crippen LogP contribution in [0.3, 0.4) is 0 Å². The molecule has 0 aromatic carbocycles. The molecule has 0 aromatic rings. The first-order valence-electron chi connectivity index (χ1n) is 13.3. The normalized spacial score (nSPS) is 11.5. The van der Waals surface area contributed by atoms with Crippen molar-refractivity contribution < 1.29 is 32.7 Å². The Bertz CT molecular complexity index is 458. The lowest BCUT2D eigenvalue weighted by atomic mass is 10.3. The summed E-state index contributed by atoms with van der Waals surface area (Å²) in [5.41, 5.74) is 0. The van der Waals surface area contributed by atoms with E-state index in [1.807, 2.05) is 18.2 Å². The molecule has 0 fully saturated rings. The molecule has 0 amide bonds. The molecular weight excluding hydrogens is 461 g/mol. The minimum atomic E-state index is -5.39. The number of hydrogen-bond donors (Lipinski definition) is 0. The van der Waals surface area contributed by atoms with E-state index < -0.39 is 7.82 Å². The summed E-state index contributed by atoms with van der Waals surface area (Å²) in [6.07, 6.45) is 6.07. The van der Waals surface area contributed by atoms with Gasteiger partial charge in [-0.15, -0.1) is 0 Å². The van der Waals surface area contributed by atoms with Gasteiger partial charge in [-0.25, -0.2) is 0 Å². The quantitative estimate of drug-likeness (QED) is 0.188. The molecule has 0 saturated heterocycles. The number of quaternary nitrogens is 3. The highest BCUT2D eigenvalue weighted by Gasteiger charge is 2.18. The lowest BCUT2D eigenvalue weighted by molar-refractivity contribution is -0.917. The summed E-state index contributed by atoms with van der Waals surface area (Å²) >= 11 is 0. The van der Waals surface area contributed by atoms with Crippen LogP contribution in [0.15, 0.2) is 38.0 Å². The summed E-state index contributed by atoms with van der Waals surface area (Å²) < 4.78 is 12.1. The Hall–Kier alpha value is -0.790. The second-order valence-electron chi connectivity index (χ2n) is 8.73. The summed E-state index contributed by atoms with van der Waals surface area (Å²) in [5, 5.41) is 0. The van der Waals surface area contributed by atoms with Crippen LogP contribution in [0.4, 0.5) is 0 Å². The Morgan fingerprint density at radius 3 is 0.629 bits per heavy atom. The molecule has 0 saturated carbocycles. The molecule has 0 spiro atoms. The first-order valence-corrected chi connectivity index (χ1v) is 14.8. The smallest absolute Gasteiger partial charge is 0.0970 e. The second-order valence-corrected chi connectivity index (χ2v) is 9.63. The average molecular weight is 522 g/mol. The number of phosphoric acid groups is 1. The topological polar surface area (TPSA) is 86.2 Å². The minimum absolute atomic E-state index is 1.11. The zero-order chi connectivity index (χ0) is 28.6. The number of nitrogens with zero attached hydrogens (tertiary/aromatic N) is 3. The highest BCUT2D eigenvalue weighted by Crippen LogP contribution is 2.06. The van der Waals surface area contributed by atoms with Gasteiger partial charge in [0.2, 0.25) is 0 Å². The van der Waals surface area contributed by atoms with Crippen LogP contribution in [-0.4, -0.2) is 92.0 Å². The third-order valence-electron chi connectivity index (χ3n) is 7.59. The minimum Gasteiger partial charge on any atom is -0.822 e. The molecule has 8 heteroatoms. The van der Waals surface area contributed by atoms with E-state index in [2.05, 4.69) is 82.1 Å². The molecule has 0 aromatic heterocycles. The Morgan fingerprint density at radius 2 is 0.600 bits per heavy atom. The first-order chi connectivity index (χ1) is 16.2. The standard InChI is InChI=1S/3C9H20N.H3O4P/c3*1-5-9-10(6-2,7-3)8-4;1-5(2,3)4/h3*5H,1,6-9H2,2-4H3;(H3,1,2,3,4)/q3*+1;/p-3. The summed E-state index contributed by atoms with van der Waals surface area (Å²) in [5.74, 6) is 0. The molecular formula is C27H60N3O4P. The predicted octanol–water partition coefficient (Wildman–Crippen LogP) is 3.32. The summed E-state index contributed by atoms with van der Waals surface area (Å²) in [6.45, 7) is 45.9. The maximum Gasteiger partial charge on any atom is 0.0970 e. The average Bonchev–Trinajstić information content (AvgIpc) is 2.84. The van der Waals surface area contributed by atoms with E-state index in [4.69, 9.17) is 19.2 Å². The molecule has 0 aliphatic heterocycles. The summed E-state index contributed by atoms with van der Waals surface area (Å²) in [6, 6.07) is 0. The van der Waals surface area contributed by atoms with E-state index in [9.17, 15) is 0 Å². The van der Waals surface area contributed by atoms with Gasteiger partial charge in [-0.2, -0.15) is 7.82 Å². The van der Waals surface area contributed by atoms with E-state index in [0.717, 1.165) is 19.6 Å². The van der Waals surface area contributed by atoms with Crippen molar-refractivity contribution >= 4 is 7.82 Å². The van der Waals surface area contributed by atoms with E-state index in [0.29, 0.717) is 0 Å². The van der Waals surface area contributed by atoms with E-state index in [1.165, 1.54) is 72.4 Å². The van der Waals surface area contributed by atoms with Gasteiger partial charge in [-0.3, -0.25) is 0 Å². The zero-order valence-corrected chi connectivity index (χ0v) is 25.7. The molecule has 0 aliphatic carbocycles. The van der Waals surface area contributed by atoms with Gasteiger partial charge < -0.3 is 32.7 Å². The maximum absolute atomic E-state index is 8.55. The number of rotatable bonds is 15. The van der Waals surface area contributed by atoms with Crippen molar-refractivity contribution in [2.45, 2.75) is 62.3 Å². The Balaban J connectivity index is -0.000000188.